The van der Waals surface area contributed by atoms with Crippen LogP contribution in [0.1, 0.15) is 51.5 Å². The molecule has 1 aliphatic heterocycles. The van der Waals surface area contributed by atoms with Crippen LogP contribution in [0.5, 0.6) is 0 Å². The minimum Gasteiger partial charge on any atom is -0.481 e. The number of carbonyl (C=O) groups excluding carboxylic acids is 6. The van der Waals surface area contributed by atoms with Gasteiger partial charge in [0.25, 0.3) is 0 Å². The Kier molecular flexibility index (Phi) is 14.7. The highest BCUT2D eigenvalue weighted by atomic mass is 16.4. The van der Waals surface area contributed by atoms with Crippen molar-refractivity contribution < 1.29 is 48.6 Å². The highest BCUT2D eigenvalue weighted by molar-refractivity contribution is 5.96. The molecule has 0 unspecified atom stereocenters. The summed E-state index contributed by atoms with van der Waals surface area (Å²) >= 11 is 0. The Morgan fingerprint density at radius 3 is 2.15 bits per heavy atom. The summed E-state index contributed by atoms with van der Waals surface area (Å²) in [5, 5.41) is 28.3. The number of hydrogen-bond acceptors (Lipinski definition) is 9. The number of nitrogens with zero attached hydrogens (tertiary/aromatic N) is 1. The van der Waals surface area contributed by atoms with Crippen molar-refractivity contribution in [3.05, 3.63) is 35.9 Å². The summed E-state index contributed by atoms with van der Waals surface area (Å²) in [6, 6.07) is 2.47. The van der Waals surface area contributed by atoms with E-state index in [1.54, 1.807) is 44.2 Å². The summed E-state index contributed by atoms with van der Waals surface area (Å²) < 4.78 is 0. The first kappa shape index (κ1) is 38.1. The summed E-state index contributed by atoms with van der Waals surface area (Å²) in [4.78, 5) is 100. The molecule has 1 aromatic rings. The van der Waals surface area contributed by atoms with E-state index >= 15 is 0 Å². The van der Waals surface area contributed by atoms with E-state index in [0.29, 0.717) is 12.0 Å². The third kappa shape index (κ3) is 12.3. The van der Waals surface area contributed by atoms with Gasteiger partial charge < -0.3 is 47.8 Å². The van der Waals surface area contributed by atoms with E-state index in [9.17, 15) is 43.5 Å². The van der Waals surface area contributed by atoms with Gasteiger partial charge in [0.2, 0.25) is 35.4 Å². The standard InChI is InChI=1S/C30H43N7O10/c1-16(2)25(36-26(42)18(31)14-22(32)38)29(45)33-15-23(39)37-12-6-9-21(37)28(44)35-20(13-17-7-4-3-5-8-17)27(43)34-19(30(46)47)10-11-24(40)41/h3-5,7-8,16,18-21,25H,6,9-15,31H2,1-2H3,(H2,32,38)(H,33,45)(H,34,43)(H,35,44)(H,36,42)(H,40,41)(H,46,47)/t18-,19-,20-,21-,25-/m0/s1. The summed E-state index contributed by atoms with van der Waals surface area (Å²) in [7, 11) is 0. The molecule has 0 radical (unpaired) electrons. The van der Waals surface area contributed by atoms with Gasteiger partial charge in [-0.05, 0) is 30.7 Å². The van der Waals surface area contributed by atoms with Crippen LogP contribution in [0.4, 0.5) is 0 Å². The predicted octanol–water partition coefficient (Wildman–Crippen LogP) is -2.40. The van der Waals surface area contributed by atoms with Crippen molar-refractivity contribution in [2.24, 2.45) is 17.4 Å². The lowest BCUT2D eigenvalue weighted by atomic mass is 10.0. The van der Waals surface area contributed by atoms with Gasteiger partial charge in [-0.1, -0.05) is 44.2 Å². The number of aliphatic carboxylic acids is 2. The lowest BCUT2D eigenvalue weighted by Gasteiger charge is -2.28. The Bertz CT molecular complexity index is 1320. The quantitative estimate of drug-likeness (QED) is 0.0821. The second kappa shape index (κ2) is 18.2. The van der Waals surface area contributed by atoms with Gasteiger partial charge in [-0.25, -0.2) is 4.79 Å². The van der Waals surface area contributed by atoms with E-state index < -0.39 is 103 Å². The van der Waals surface area contributed by atoms with E-state index in [4.69, 9.17) is 16.6 Å². The molecule has 1 fully saturated rings. The minimum absolute atomic E-state index is 0.0220. The number of primary amides is 1. The fraction of sp³-hybridized carbons (Fsp3) is 0.533. The van der Waals surface area contributed by atoms with Gasteiger partial charge in [-0.15, -0.1) is 0 Å². The molecule has 1 aliphatic rings. The molecule has 1 heterocycles. The summed E-state index contributed by atoms with van der Waals surface area (Å²) in [5.41, 5.74) is 11.4. The number of carboxylic acid groups (broad SMARTS) is 2. The van der Waals surface area contributed by atoms with E-state index in [1.165, 1.54) is 4.90 Å². The Morgan fingerprint density at radius 2 is 1.57 bits per heavy atom. The predicted molar refractivity (Wildman–Crippen MR) is 165 cm³/mol. The average Bonchev–Trinajstić information content (AvgIpc) is 3.50. The topological polar surface area (TPSA) is 280 Å². The number of rotatable bonds is 18. The fourth-order valence-electron chi connectivity index (χ4n) is 4.94. The number of benzene rings is 1. The molecule has 5 atom stereocenters. The molecule has 2 rings (SSSR count). The maximum atomic E-state index is 13.4. The third-order valence-electron chi connectivity index (χ3n) is 7.47. The number of likely N-dealkylation sites (tertiary alicyclic amines) is 1. The number of nitrogens with two attached hydrogens (primary N) is 2. The van der Waals surface area contributed by atoms with E-state index in [1.807, 2.05) is 0 Å². The smallest absolute Gasteiger partial charge is 0.326 e. The van der Waals surface area contributed by atoms with Crippen LogP contribution in [0, 0.1) is 5.92 Å². The first-order valence-electron chi connectivity index (χ1n) is 15.1. The Balaban J connectivity index is 2.11. The van der Waals surface area contributed by atoms with Crippen molar-refractivity contribution in [1.29, 1.82) is 0 Å². The van der Waals surface area contributed by atoms with Gasteiger partial charge >= 0.3 is 11.9 Å². The number of carbonyl (C=O) groups is 8. The lowest BCUT2D eigenvalue weighted by Crippen LogP contribution is -2.57. The maximum Gasteiger partial charge on any atom is 0.326 e. The summed E-state index contributed by atoms with van der Waals surface area (Å²) in [6.07, 6.45) is -0.619. The second-order valence-electron chi connectivity index (χ2n) is 11.6. The van der Waals surface area contributed by atoms with E-state index in [-0.39, 0.29) is 25.8 Å². The molecule has 0 bridgehead atoms. The molecule has 47 heavy (non-hydrogen) atoms. The first-order valence-corrected chi connectivity index (χ1v) is 15.1. The molecule has 0 aromatic heterocycles. The zero-order valence-electron chi connectivity index (χ0n) is 26.3. The Labute approximate surface area is 271 Å². The van der Waals surface area contributed by atoms with Gasteiger partial charge in [0.15, 0.2) is 0 Å². The Hall–Kier alpha value is -5.06. The summed E-state index contributed by atoms with van der Waals surface area (Å²) in [6.45, 7) is 2.98. The van der Waals surface area contributed by atoms with Crippen LogP contribution in [0.2, 0.25) is 0 Å². The van der Waals surface area contributed by atoms with Crippen molar-refractivity contribution in [2.45, 2.75) is 82.6 Å². The number of amides is 6. The van der Waals surface area contributed by atoms with Crippen LogP contribution in [-0.2, 0) is 44.8 Å². The Morgan fingerprint density at radius 1 is 0.915 bits per heavy atom. The zero-order chi connectivity index (χ0) is 35.3. The van der Waals surface area contributed by atoms with Gasteiger partial charge in [-0.2, -0.15) is 0 Å². The molecule has 17 nitrogen and oxygen atoms in total. The maximum absolute atomic E-state index is 13.4. The molecule has 1 saturated heterocycles. The van der Waals surface area contributed by atoms with Gasteiger partial charge in [0.1, 0.15) is 24.2 Å². The van der Waals surface area contributed by atoms with Crippen LogP contribution < -0.4 is 32.7 Å². The van der Waals surface area contributed by atoms with Crippen LogP contribution in [0.25, 0.3) is 0 Å². The van der Waals surface area contributed by atoms with Crippen LogP contribution in [0.3, 0.4) is 0 Å². The molecule has 0 spiro atoms. The number of hydrogen-bond donors (Lipinski definition) is 8. The minimum atomic E-state index is -1.51. The lowest BCUT2D eigenvalue weighted by molar-refractivity contribution is -0.144. The summed E-state index contributed by atoms with van der Waals surface area (Å²) in [5.74, 6) is -7.47. The largest absolute Gasteiger partial charge is 0.481 e. The molecular formula is C30H43N7O10. The molecule has 6 amide bonds. The highest BCUT2D eigenvalue weighted by Gasteiger charge is 2.37. The van der Waals surface area contributed by atoms with Crippen molar-refractivity contribution >= 4 is 47.4 Å². The number of carboxylic acids is 2. The molecule has 17 heteroatoms. The van der Waals surface area contributed by atoms with Gasteiger partial charge in [0, 0.05) is 19.4 Å². The molecule has 1 aromatic carbocycles. The monoisotopic (exact) mass is 661 g/mol. The van der Waals surface area contributed by atoms with Crippen LogP contribution in [0.15, 0.2) is 30.3 Å². The normalized spacial score (nSPS) is 16.7. The fourth-order valence-corrected chi connectivity index (χ4v) is 4.94. The highest BCUT2D eigenvalue weighted by Crippen LogP contribution is 2.18. The van der Waals surface area contributed by atoms with Crippen molar-refractivity contribution in [1.82, 2.24) is 26.2 Å². The zero-order valence-corrected chi connectivity index (χ0v) is 26.3. The van der Waals surface area contributed by atoms with Gasteiger partial charge in [-0.3, -0.25) is 33.6 Å². The van der Waals surface area contributed by atoms with E-state index in [2.05, 4.69) is 21.3 Å². The third-order valence-corrected chi connectivity index (χ3v) is 7.47. The van der Waals surface area contributed by atoms with Crippen molar-refractivity contribution in [2.75, 3.05) is 13.1 Å². The van der Waals surface area contributed by atoms with Crippen molar-refractivity contribution in [3.63, 3.8) is 0 Å². The SMILES string of the molecule is CC(C)[C@H](NC(=O)[C@@H](N)CC(N)=O)C(=O)NCC(=O)N1CCC[C@H]1C(=O)N[C@@H](Cc1ccccc1)C(=O)N[C@@H](CCC(=O)O)C(=O)O. The van der Waals surface area contributed by atoms with Crippen LogP contribution in [-0.4, -0.2) is 106 Å². The molecule has 0 saturated carbocycles. The molecule has 10 N–H and O–H groups in total. The first-order chi connectivity index (χ1) is 22.1. The second-order valence-corrected chi connectivity index (χ2v) is 11.6. The number of nitrogens with one attached hydrogen (secondary N) is 4. The molecule has 258 valence electrons. The van der Waals surface area contributed by atoms with Gasteiger partial charge in [0.05, 0.1) is 19.0 Å². The van der Waals surface area contributed by atoms with Crippen LogP contribution >= 0.6 is 0 Å². The van der Waals surface area contributed by atoms with Crippen molar-refractivity contribution in [3.8, 4) is 0 Å². The molecule has 0 aliphatic carbocycles. The van der Waals surface area contributed by atoms with E-state index in [0.717, 1.165) is 0 Å². The average molecular weight is 662 g/mol. The molecular weight excluding hydrogens is 618 g/mol.